The number of halogens is 1. The van der Waals surface area contributed by atoms with Crippen LogP contribution >= 0.6 is 11.6 Å². The summed E-state index contributed by atoms with van der Waals surface area (Å²) in [5.74, 6) is 1.80. The number of amides is 1. The predicted octanol–water partition coefficient (Wildman–Crippen LogP) is 3.43. The van der Waals surface area contributed by atoms with Crippen LogP contribution in [0.15, 0.2) is 0 Å². The number of hydrogen-bond donors (Lipinski definition) is 0. The molecule has 2 nitrogen and oxygen atoms in total. The number of nitrogens with zero attached hydrogens (tertiary/aromatic N) is 1. The van der Waals surface area contributed by atoms with E-state index in [1.165, 1.54) is 25.7 Å². The van der Waals surface area contributed by atoms with Crippen molar-refractivity contribution in [3.63, 3.8) is 0 Å². The van der Waals surface area contributed by atoms with Crippen LogP contribution in [0.2, 0.25) is 0 Å². The zero-order chi connectivity index (χ0) is 12.0. The number of carbonyl (C=O) groups is 1. The van der Waals surface area contributed by atoms with Crippen LogP contribution in [-0.4, -0.2) is 29.8 Å². The van der Waals surface area contributed by atoms with E-state index in [0.717, 1.165) is 18.8 Å². The third kappa shape index (κ3) is 4.32. The molecule has 0 N–H and O–H groups in total. The molecule has 1 rings (SSSR count). The van der Waals surface area contributed by atoms with Gasteiger partial charge in [0, 0.05) is 25.4 Å². The van der Waals surface area contributed by atoms with Gasteiger partial charge in [-0.05, 0) is 44.4 Å². The highest BCUT2D eigenvalue weighted by atomic mass is 35.5. The lowest BCUT2D eigenvalue weighted by Gasteiger charge is -2.33. The van der Waals surface area contributed by atoms with E-state index in [2.05, 4.69) is 6.92 Å². The summed E-state index contributed by atoms with van der Waals surface area (Å²) in [6, 6.07) is 0.486. The van der Waals surface area contributed by atoms with Gasteiger partial charge in [-0.2, -0.15) is 0 Å². The van der Waals surface area contributed by atoms with Crippen molar-refractivity contribution in [2.45, 2.75) is 57.9 Å². The van der Waals surface area contributed by atoms with E-state index in [0.29, 0.717) is 24.2 Å². The van der Waals surface area contributed by atoms with Gasteiger partial charge >= 0.3 is 0 Å². The SMILES string of the molecule is CC1CCC(N(C)C(=O)CCCCCl)CC1. The van der Waals surface area contributed by atoms with E-state index in [-0.39, 0.29) is 0 Å². The molecule has 94 valence electrons. The molecule has 0 radical (unpaired) electrons. The molecule has 0 aromatic carbocycles. The van der Waals surface area contributed by atoms with Crippen molar-refractivity contribution < 1.29 is 4.79 Å². The van der Waals surface area contributed by atoms with Crippen LogP contribution in [0.1, 0.15) is 51.9 Å². The maximum atomic E-state index is 11.9. The summed E-state index contributed by atoms with van der Waals surface area (Å²) >= 11 is 5.60. The Morgan fingerprint density at radius 2 is 1.88 bits per heavy atom. The van der Waals surface area contributed by atoms with Crippen LogP contribution in [0, 0.1) is 5.92 Å². The van der Waals surface area contributed by atoms with E-state index in [9.17, 15) is 4.79 Å². The van der Waals surface area contributed by atoms with Crippen molar-refractivity contribution >= 4 is 17.5 Å². The van der Waals surface area contributed by atoms with Gasteiger partial charge in [0.1, 0.15) is 0 Å². The lowest BCUT2D eigenvalue weighted by atomic mass is 9.86. The number of carbonyl (C=O) groups excluding carboxylic acids is 1. The summed E-state index contributed by atoms with van der Waals surface area (Å²) in [4.78, 5) is 13.9. The average molecular weight is 246 g/mol. The Morgan fingerprint density at radius 3 is 2.44 bits per heavy atom. The quantitative estimate of drug-likeness (QED) is 0.537. The molecule has 0 saturated heterocycles. The number of hydrogen-bond acceptors (Lipinski definition) is 1. The molecule has 0 aliphatic heterocycles. The standard InChI is InChI=1S/C13H24ClNO/c1-11-6-8-12(9-7-11)15(2)13(16)5-3-4-10-14/h11-12H,3-10H2,1-2H3. The predicted molar refractivity (Wildman–Crippen MR) is 68.8 cm³/mol. The second-order valence-corrected chi connectivity index (χ2v) is 5.44. The lowest BCUT2D eigenvalue weighted by Crippen LogP contribution is -2.39. The Bertz CT molecular complexity index is 212. The minimum Gasteiger partial charge on any atom is -0.343 e. The van der Waals surface area contributed by atoms with Crippen molar-refractivity contribution in [2.24, 2.45) is 5.92 Å². The largest absolute Gasteiger partial charge is 0.343 e. The second kappa shape index (κ2) is 7.16. The van der Waals surface area contributed by atoms with Gasteiger partial charge in [0.15, 0.2) is 0 Å². The fraction of sp³-hybridized carbons (Fsp3) is 0.923. The highest BCUT2D eigenvalue weighted by Crippen LogP contribution is 2.26. The van der Waals surface area contributed by atoms with Crippen LogP contribution in [-0.2, 0) is 4.79 Å². The summed E-state index contributed by atoms with van der Waals surface area (Å²) in [6.07, 6.45) is 7.43. The molecule has 1 aliphatic rings. The first kappa shape index (κ1) is 13.8. The maximum Gasteiger partial charge on any atom is 0.222 e. The van der Waals surface area contributed by atoms with E-state index < -0.39 is 0 Å². The first-order valence-corrected chi connectivity index (χ1v) is 7.00. The van der Waals surface area contributed by atoms with Crippen molar-refractivity contribution in [1.82, 2.24) is 4.90 Å². The average Bonchev–Trinajstić information content (AvgIpc) is 2.29. The van der Waals surface area contributed by atoms with Gasteiger partial charge in [-0.25, -0.2) is 0 Å². The normalized spacial score (nSPS) is 25.4. The molecule has 3 heteroatoms. The zero-order valence-electron chi connectivity index (χ0n) is 10.5. The molecule has 0 bridgehead atoms. The van der Waals surface area contributed by atoms with Gasteiger partial charge in [-0.15, -0.1) is 11.6 Å². The Balaban J connectivity index is 2.27. The van der Waals surface area contributed by atoms with Gasteiger partial charge in [0.05, 0.1) is 0 Å². The summed E-state index contributed by atoms with van der Waals surface area (Å²) in [5.41, 5.74) is 0. The fourth-order valence-electron chi connectivity index (χ4n) is 2.38. The van der Waals surface area contributed by atoms with Crippen LogP contribution in [0.25, 0.3) is 0 Å². The fourth-order valence-corrected chi connectivity index (χ4v) is 2.57. The van der Waals surface area contributed by atoms with E-state index in [1.807, 2.05) is 11.9 Å². The molecule has 0 spiro atoms. The first-order valence-electron chi connectivity index (χ1n) is 6.46. The Kier molecular flexibility index (Phi) is 6.18. The van der Waals surface area contributed by atoms with Gasteiger partial charge < -0.3 is 4.90 Å². The lowest BCUT2D eigenvalue weighted by molar-refractivity contribution is -0.132. The minimum absolute atomic E-state index is 0.296. The van der Waals surface area contributed by atoms with Crippen LogP contribution in [0.4, 0.5) is 0 Å². The van der Waals surface area contributed by atoms with Crippen LogP contribution in [0.3, 0.4) is 0 Å². The Hall–Kier alpha value is -0.240. The monoisotopic (exact) mass is 245 g/mol. The molecule has 1 saturated carbocycles. The topological polar surface area (TPSA) is 20.3 Å². The Labute approximate surface area is 104 Å². The zero-order valence-corrected chi connectivity index (χ0v) is 11.3. The third-order valence-electron chi connectivity index (χ3n) is 3.70. The number of unbranched alkanes of at least 4 members (excludes halogenated alkanes) is 1. The van der Waals surface area contributed by atoms with Crippen molar-refractivity contribution in [1.29, 1.82) is 0 Å². The molecule has 1 aliphatic carbocycles. The molecule has 0 aromatic rings. The smallest absolute Gasteiger partial charge is 0.222 e. The minimum atomic E-state index is 0.296. The van der Waals surface area contributed by atoms with E-state index >= 15 is 0 Å². The number of rotatable bonds is 5. The van der Waals surface area contributed by atoms with E-state index in [4.69, 9.17) is 11.6 Å². The number of alkyl halides is 1. The summed E-state index contributed by atoms with van der Waals surface area (Å²) in [5, 5.41) is 0. The summed E-state index contributed by atoms with van der Waals surface area (Å²) < 4.78 is 0. The molecular formula is C13H24ClNO. The molecule has 0 atom stereocenters. The second-order valence-electron chi connectivity index (χ2n) is 5.06. The third-order valence-corrected chi connectivity index (χ3v) is 3.97. The van der Waals surface area contributed by atoms with Gasteiger partial charge in [-0.1, -0.05) is 6.92 Å². The molecule has 0 aromatic heterocycles. The highest BCUT2D eigenvalue weighted by molar-refractivity contribution is 6.17. The van der Waals surface area contributed by atoms with Crippen molar-refractivity contribution in [3.05, 3.63) is 0 Å². The molecule has 1 amide bonds. The molecular weight excluding hydrogens is 222 g/mol. The van der Waals surface area contributed by atoms with Crippen molar-refractivity contribution in [2.75, 3.05) is 12.9 Å². The molecule has 0 heterocycles. The molecule has 16 heavy (non-hydrogen) atoms. The first-order chi connectivity index (χ1) is 7.65. The van der Waals surface area contributed by atoms with Crippen molar-refractivity contribution in [3.8, 4) is 0 Å². The highest BCUT2D eigenvalue weighted by Gasteiger charge is 2.24. The van der Waals surface area contributed by atoms with Gasteiger partial charge in [0.25, 0.3) is 0 Å². The molecule has 1 fully saturated rings. The summed E-state index contributed by atoms with van der Waals surface area (Å²) in [7, 11) is 1.96. The Morgan fingerprint density at radius 1 is 1.25 bits per heavy atom. The van der Waals surface area contributed by atoms with Crippen LogP contribution in [0.5, 0.6) is 0 Å². The molecule has 0 unspecified atom stereocenters. The van der Waals surface area contributed by atoms with Gasteiger partial charge in [-0.3, -0.25) is 4.79 Å². The van der Waals surface area contributed by atoms with Gasteiger partial charge in [0.2, 0.25) is 5.91 Å². The summed E-state index contributed by atoms with van der Waals surface area (Å²) in [6.45, 7) is 2.30. The van der Waals surface area contributed by atoms with Crippen LogP contribution < -0.4 is 0 Å². The maximum absolute atomic E-state index is 11.9. The van der Waals surface area contributed by atoms with E-state index in [1.54, 1.807) is 0 Å².